The third-order valence-electron chi connectivity index (χ3n) is 3.48. The van der Waals surface area contributed by atoms with E-state index in [-0.39, 0.29) is 6.61 Å². The van der Waals surface area contributed by atoms with Gasteiger partial charge in [-0.1, -0.05) is 30.7 Å². The van der Waals surface area contributed by atoms with Gasteiger partial charge in [0.05, 0.1) is 12.6 Å². The Bertz CT molecular complexity index is 415. The molecule has 1 unspecified atom stereocenters. The Morgan fingerprint density at radius 1 is 1.32 bits per heavy atom. The van der Waals surface area contributed by atoms with Crippen LogP contribution in [0.1, 0.15) is 42.3 Å². The lowest BCUT2D eigenvalue weighted by molar-refractivity contribution is -0.174. The van der Waals surface area contributed by atoms with Crippen LogP contribution in [0.4, 0.5) is 13.2 Å². The second kappa shape index (κ2) is 5.92. The zero-order valence-corrected chi connectivity index (χ0v) is 10.6. The van der Waals surface area contributed by atoms with Crippen molar-refractivity contribution in [3.8, 4) is 0 Å². The van der Waals surface area contributed by atoms with Crippen molar-refractivity contribution in [3.05, 3.63) is 35.4 Å². The van der Waals surface area contributed by atoms with E-state index in [1.807, 2.05) is 18.2 Å². The van der Waals surface area contributed by atoms with Crippen LogP contribution in [0.25, 0.3) is 0 Å². The summed E-state index contributed by atoms with van der Waals surface area (Å²) in [6.45, 7) is -1.36. The van der Waals surface area contributed by atoms with E-state index < -0.39 is 18.8 Å². The fourth-order valence-corrected chi connectivity index (χ4v) is 2.18. The van der Waals surface area contributed by atoms with E-state index in [4.69, 9.17) is 5.73 Å². The van der Waals surface area contributed by atoms with E-state index >= 15 is 0 Å². The summed E-state index contributed by atoms with van der Waals surface area (Å²) in [5, 5.41) is 0. The molecule has 1 aromatic rings. The fourth-order valence-electron chi connectivity index (χ4n) is 2.18. The van der Waals surface area contributed by atoms with Crippen molar-refractivity contribution >= 4 is 0 Å². The average molecular weight is 273 g/mol. The van der Waals surface area contributed by atoms with Gasteiger partial charge in [0.25, 0.3) is 0 Å². The highest BCUT2D eigenvalue weighted by molar-refractivity contribution is 5.29. The Labute approximate surface area is 110 Å². The monoisotopic (exact) mass is 273 g/mol. The topological polar surface area (TPSA) is 35.2 Å². The molecule has 2 N–H and O–H groups in total. The molecule has 1 saturated carbocycles. The molecule has 0 bridgehead atoms. The third-order valence-corrected chi connectivity index (χ3v) is 3.48. The Hall–Kier alpha value is -1.07. The molecule has 0 heterocycles. The molecular formula is C14H18F3NO. The predicted octanol–water partition coefficient (Wildman–Crippen LogP) is 3.53. The zero-order chi connectivity index (χ0) is 13.9. The van der Waals surface area contributed by atoms with Gasteiger partial charge in [0.1, 0.15) is 6.61 Å². The van der Waals surface area contributed by atoms with Gasteiger partial charge in [-0.25, -0.2) is 0 Å². The summed E-state index contributed by atoms with van der Waals surface area (Å²) >= 11 is 0. The molecule has 0 amide bonds. The van der Waals surface area contributed by atoms with Crippen LogP contribution in [0.3, 0.4) is 0 Å². The number of ether oxygens (including phenoxy) is 1. The molecule has 0 spiro atoms. The van der Waals surface area contributed by atoms with Crippen LogP contribution in [0.2, 0.25) is 0 Å². The SMILES string of the molecule is NC(COCC(F)(F)F)c1cccc(C2CCC2)c1. The second-order valence-corrected chi connectivity index (χ2v) is 5.03. The standard InChI is InChI=1S/C14H18F3NO/c15-14(16,17)9-19-8-13(18)12-6-2-5-11(7-12)10-3-1-4-10/h2,5-7,10,13H,1,3-4,8-9,18H2. The normalized spacial score (nSPS) is 18.1. The summed E-state index contributed by atoms with van der Waals surface area (Å²) in [5.41, 5.74) is 7.93. The highest BCUT2D eigenvalue weighted by Crippen LogP contribution is 2.36. The maximum absolute atomic E-state index is 12.0. The molecule has 19 heavy (non-hydrogen) atoms. The maximum atomic E-state index is 12.0. The summed E-state index contributed by atoms with van der Waals surface area (Å²) in [5.74, 6) is 0.586. The lowest BCUT2D eigenvalue weighted by Gasteiger charge is -2.26. The Kier molecular flexibility index (Phi) is 4.47. The third kappa shape index (κ3) is 4.21. The van der Waals surface area contributed by atoms with Crippen LogP contribution in [0, 0.1) is 0 Å². The van der Waals surface area contributed by atoms with Gasteiger partial charge in [-0.3, -0.25) is 0 Å². The Morgan fingerprint density at radius 3 is 2.63 bits per heavy atom. The number of rotatable bonds is 5. The molecule has 1 atom stereocenters. The van der Waals surface area contributed by atoms with Gasteiger partial charge in [-0.15, -0.1) is 0 Å². The lowest BCUT2D eigenvalue weighted by Crippen LogP contribution is -2.23. The van der Waals surface area contributed by atoms with Crippen molar-refractivity contribution < 1.29 is 17.9 Å². The van der Waals surface area contributed by atoms with Crippen LogP contribution >= 0.6 is 0 Å². The minimum atomic E-state index is -4.30. The van der Waals surface area contributed by atoms with Gasteiger partial charge in [0, 0.05) is 0 Å². The largest absolute Gasteiger partial charge is 0.411 e. The smallest absolute Gasteiger partial charge is 0.370 e. The van der Waals surface area contributed by atoms with Crippen molar-refractivity contribution in [2.75, 3.05) is 13.2 Å². The molecule has 106 valence electrons. The number of hydrogen-bond acceptors (Lipinski definition) is 2. The van der Waals surface area contributed by atoms with Crippen molar-refractivity contribution in [3.63, 3.8) is 0 Å². The Balaban J connectivity index is 1.89. The van der Waals surface area contributed by atoms with E-state index in [1.165, 1.54) is 24.8 Å². The first-order chi connectivity index (χ1) is 8.96. The summed E-state index contributed by atoms with van der Waals surface area (Å²) in [6.07, 6.45) is -0.685. The molecule has 1 aromatic carbocycles. The number of halogens is 3. The first-order valence-electron chi connectivity index (χ1n) is 6.45. The lowest BCUT2D eigenvalue weighted by atomic mass is 9.79. The van der Waals surface area contributed by atoms with Gasteiger partial charge in [-0.2, -0.15) is 13.2 Å². The number of hydrogen-bond donors (Lipinski definition) is 1. The fraction of sp³-hybridized carbons (Fsp3) is 0.571. The molecule has 0 radical (unpaired) electrons. The molecule has 2 rings (SSSR count). The first kappa shape index (κ1) is 14.3. The van der Waals surface area contributed by atoms with Gasteiger partial charge >= 0.3 is 6.18 Å². The molecule has 2 nitrogen and oxygen atoms in total. The van der Waals surface area contributed by atoms with E-state index in [0.29, 0.717) is 5.92 Å². The van der Waals surface area contributed by atoms with Crippen molar-refractivity contribution in [1.82, 2.24) is 0 Å². The molecule has 1 fully saturated rings. The molecule has 0 aliphatic heterocycles. The van der Waals surface area contributed by atoms with E-state index in [9.17, 15) is 13.2 Å². The van der Waals surface area contributed by atoms with Gasteiger partial charge in [-0.05, 0) is 29.9 Å². The summed E-state index contributed by atoms with van der Waals surface area (Å²) in [4.78, 5) is 0. The van der Waals surface area contributed by atoms with Crippen molar-refractivity contribution in [1.29, 1.82) is 0 Å². The average Bonchev–Trinajstić information content (AvgIpc) is 2.25. The Morgan fingerprint density at radius 2 is 2.05 bits per heavy atom. The summed E-state index contributed by atoms with van der Waals surface area (Å²) in [6, 6.07) is 7.28. The molecule has 5 heteroatoms. The quantitative estimate of drug-likeness (QED) is 0.890. The van der Waals surface area contributed by atoms with E-state index in [2.05, 4.69) is 10.8 Å². The van der Waals surface area contributed by atoms with Crippen LogP contribution in [-0.2, 0) is 4.74 Å². The molecule has 0 saturated heterocycles. The zero-order valence-electron chi connectivity index (χ0n) is 10.6. The maximum Gasteiger partial charge on any atom is 0.411 e. The predicted molar refractivity (Wildman–Crippen MR) is 66.8 cm³/mol. The highest BCUT2D eigenvalue weighted by Gasteiger charge is 2.28. The first-order valence-corrected chi connectivity index (χ1v) is 6.45. The highest BCUT2D eigenvalue weighted by atomic mass is 19.4. The summed E-state index contributed by atoms with van der Waals surface area (Å²) in [7, 11) is 0. The van der Waals surface area contributed by atoms with E-state index in [0.717, 1.165) is 5.56 Å². The minimum Gasteiger partial charge on any atom is -0.370 e. The van der Waals surface area contributed by atoms with Crippen LogP contribution in [-0.4, -0.2) is 19.4 Å². The molecule has 1 aliphatic carbocycles. The second-order valence-electron chi connectivity index (χ2n) is 5.03. The minimum absolute atomic E-state index is 0.117. The van der Waals surface area contributed by atoms with Crippen LogP contribution < -0.4 is 5.73 Å². The van der Waals surface area contributed by atoms with Crippen LogP contribution in [0.15, 0.2) is 24.3 Å². The number of nitrogens with two attached hydrogens (primary N) is 1. The van der Waals surface area contributed by atoms with Gasteiger partial charge < -0.3 is 10.5 Å². The molecule has 1 aliphatic rings. The molecular weight excluding hydrogens is 255 g/mol. The van der Waals surface area contributed by atoms with E-state index in [1.54, 1.807) is 0 Å². The number of alkyl halides is 3. The summed E-state index contributed by atoms with van der Waals surface area (Å²) < 4.78 is 40.5. The van der Waals surface area contributed by atoms with Crippen LogP contribution in [0.5, 0.6) is 0 Å². The number of benzene rings is 1. The van der Waals surface area contributed by atoms with Crippen molar-refractivity contribution in [2.45, 2.75) is 37.4 Å². The van der Waals surface area contributed by atoms with Crippen molar-refractivity contribution in [2.24, 2.45) is 5.73 Å². The van der Waals surface area contributed by atoms with Gasteiger partial charge in [0.2, 0.25) is 0 Å². The molecule has 0 aromatic heterocycles. The van der Waals surface area contributed by atoms with Gasteiger partial charge in [0.15, 0.2) is 0 Å².